The maximum absolute atomic E-state index is 13.0. The number of carbonyl (C=O) groups excluding carboxylic acids is 4. The van der Waals surface area contributed by atoms with Crippen LogP contribution in [0.25, 0.3) is 17.0 Å². The third-order valence-electron chi connectivity index (χ3n) is 5.82. The molecule has 1 N–H and O–H groups in total. The van der Waals surface area contributed by atoms with Gasteiger partial charge in [0.25, 0.3) is 11.1 Å². The van der Waals surface area contributed by atoms with Crippen LogP contribution in [-0.4, -0.2) is 45.6 Å². The minimum Gasteiger partial charge on any atom is -0.462 e. The van der Waals surface area contributed by atoms with Crippen LogP contribution in [0.4, 0.5) is 10.5 Å². The van der Waals surface area contributed by atoms with Crippen LogP contribution in [0.3, 0.4) is 0 Å². The standard InChI is InChI=1S/C27H26ClN3O5S/c1-3-5-12-36-26(34)20-14-18(10-11-21(20)28)29-24(32)16-31-25(33)23(37-27(31)35)13-17-15-30(4-2)22-9-7-6-8-19(17)22/h6-11,13-15H,3-5,12,16H2,1-2H3,(H,29,32)/b23-13-. The Labute approximate surface area is 223 Å². The Bertz CT molecular complexity index is 1410. The van der Waals surface area contributed by atoms with Crippen molar-refractivity contribution in [2.24, 2.45) is 0 Å². The van der Waals surface area contributed by atoms with E-state index in [1.807, 2.05) is 44.3 Å². The largest absolute Gasteiger partial charge is 0.462 e. The molecule has 1 aliphatic heterocycles. The number of amides is 3. The minimum atomic E-state index is -0.588. The topological polar surface area (TPSA) is 97.7 Å². The molecule has 1 fully saturated rings. The van der Waals surface area contributed by atoms with Crippen molar-refractivity contribution in [3.05, 3.63) is 69.7 Å². The van der Waals surface area contributed by atoms with Gasteiger partial charge in [0.1, 0.15) is 6.54 Å². The van der Waals surface area contributed by atoms with E-state index in [0.29, 0.717) is 5.69 Å². The van der Waals surface area contributed by atoms with Crippen molar-refractivity contribution in [1.82, 2.24) is 9.47 Å². The third-order valence-corrected chi connectivity index (χ3v) is 7.06. The Morgan fingerprint density at radius 1 is 1.14 bits per heavy atom. The molecule has 8 nitrogen and oxygen atoms in total. The Morgan fingerprint density at radius 2 is 1.92 bits per heavy atom. The van der Waals surface area contributed by atoms with Crippen LogP contribution in [0.2, 0.25) is 5.02 Å². The van der Waals surface area contributed by atoms with Crippen molar-refractivity contribution in [3.63, 3.8) is 0 Å². The molecule has 4 rings (SSSR count). The first-order chi connectivity index (χ1) is 17.8. The molecular weight excluding hydrogens is 514 g/mol. The number of imide groups is 1. The van der Waals surface area contributed by atoms with E-state index in [0.717, 1.165) is 52.5 Å². The molecule has 0 aliphatic carbocycles. The molecule has 3 aromatic rings. The lowest BCUT2D eigenvalue weighted by Gasteiger charge is -2.13. The predicted octanol–water partition coefficient (Wildman–Crippen LogP) is 5.95. The Balaban J connectivity index is 1.46. The second-order valence-corrected chi connectivity index (χ2v) is 9.79. The lowest BCUT2D eigenvalue weighted by molar-refractivity contribution is -0.127. The zero-order valence-electron chi connectivity index (χ0n) is 20.5. The number of esters is 1. The highest BCUT2D eigenvalue weighted by molar-refractivity contribution is 8.18. The van der Waals surface area contributed by atoms with Crippen molar-refractivity contribution in [2.45, 2.75) is 33.2 Å². The van der Waals surface area contributed by atoms with Gasteiger partial charge < -0.3 is 14.6 Å². The zero-order valence-corrected chi connectivity index (χ0v) is 22.0. The fourth-order valence-corrected chi connectivity index (χ4v) is 4.94. The number of fused-ring (bicyclic) bond motifs is 1. The predicted molar refractivity (Wildman–Crippen MR) is 146 cm³/mol. The van der Waals surface area contributed by atoms with Gasteiger partial charge in [0.05, 0.1) is 22.1 Å². The highest BCUT2D eigenvalue weighted by Gasteiger charge is 2.36. The van der Waals surface area contributed by atoms with Crippen LogP contribution >= 0.6 is 23.4 Å². The average Bonchev–Trinajstić information content (AvgIpc) is 3.37. The van der Waals surface area contributed by atoms with Crippen LogP contribution in [0.1, 0.15) is 42.6 Å². The molecule has 1 aromatic heterocycles. The van der Waals surface area contributed by atoms with E-state index < -0.39 is 29.6 Å². The molecule has 0 saturated carbocycles. The summed E-state index contributed by atoms with van der Waals surface area (Å²) in [4.78, 5) is 51.7. The van der Waals surface area contributed by atoms with Gasteiger partial charge in [-0.2, -0.15) is 0 Å². The van der Waals surface area contributed by atoms with E-state index in [-0.39, 0.29) is 22.1 Å². The number of rotatable bonds is 9. The SMILES string of the molecule is CCCCOC(=O)c1cc(NC(=O)CN2C(=O)S/C(=C\c3cn(CC)c4ccccc34)C2=O)ccc1Cl. The number of carbonyl (C=O) groups is 4. The van der Waals surface area contributed by atoms with Crippen LogP contribution in [0.5, 0.6) is 0 Å². The van der Waals surface area contributed by atoms with E-state index in [9.17, 15) is 19.2 Å². The number of anilines is 1. The summed E-state index contributed by atoms with van der Waals surface area (Å²) in [6.07, 6.45) is 5.23. The molecule has 192 valence electrons. The number of thioether (sulfide) groups is 1. The number of para-hydroxylation sites is 1. The van der Waals surface area contributed by atoms with Crippen LogP contribution in [-0.2, 0) is 20.9 Å². The van der Waals surface area contributed by atoms with Gasteiger partial charge in [0.15, 0.2) is 0 Å². The number of ether oxygens (including phenoxy) is 1. The average molecular weight is 540 g/mol. The summed E-state index contributed by atoms with van der Waals surface area (Å²) in [5, 5.41) is 3.26. The smallest absolute Gasteiger partial charge is 0.339 e. The van der Waals surface area contributed by atoms with Crippen molar-refractivity contribution in [3.8, 4) is 0 Å². The fourth-order valence-electron chi connectivity index (χ4n) is 3.92. The summed E-state index contributed by atoms with van der Waals surface area (Å²) in [6.45, 7) is 4.58. The summed E-state index contributed by atoms with van der Waals surface area (Å²) in [6, 6.07) is 12.2. The number of aryl methyl sites for hydroxylation is 1. The summed E-state index contributed by atoms with van der Waals surface area (Å²) in [7, 11) is 0. The van der Waals surface area contributed by atoms with Crippen LogP contribution in [0, 0.1) is 0 Å². The third kappa shape index (κ3) is 5.89. The van der Waals surface area contributed by atoms with Gasteiger partial charge in [-0.15, -0.1) is 0 Å². The molecule has 1 saturated heterocycles. The number of aromatic nitrogens is 1. The van der Waals surface area contributed by atoms with Crippen molar-refractivity contribution >= 4 is 69.1 Å². The minimum absolute atomic E-state index is 0.121. The Kier molecular flexibility index (Phi) is 8.35. The zero-order chi connectivity index (χ0) is 26.5. The number of unbranched alkanes of at least 4 members (excludes halogenated alkanes) is 1. The molecule has 37 heavy (non-hydrogen) atoms. The molecule has 0 radical (unpaired) electrons. The van der Waals surface area contributed by atoms with Gasteiger partial charge in [-0.25, -0.2) is 4.79 Å². The first-order valence-electron chi connectivity index (χ1n) is 11.9. The highest BCUT2D eigenvalue weighted by Crippen LogP contribution is 2.34. The number of nitrogens with zero attached hydrogens (tertiary/aromatic N) is 2. The van der Waals surface area contributed by atoms with Crippen molar-refractivity contribution in [2.75, 3.05) is 18.5 Å². The molecule has 10 heteroatoms. The number of halogens is 1. The molecular formula is C27H26ClN3O5S. The van der Waals surface area contributed by atoms with Crippen molar-refractivity contribution in [1.29, 1.82) is 0 Å². The summed E-state index contributed by atoms with van der Waals surface area (Å²) in [5.74, 6) is -1.71. The molecule has 0 spiro atoms. The lowest BCUT2D eigenvalue weighted by atomic mass is 10.1. The van der Waals surface area contributed by atoms with Crippen LogP contribution < -0.4 is 5.32 Å². The second kappa shape index (κ2) is 11.7. The molecule has 3 amide bonds. The maximum Gasteiger partial charge on any atom is 0.339 e. The van der Waals surface area contributed by atoms with Gasteiger partial charge in [0, 0.05) is 34.9 Å². The van der Waals surface area contributed by atoms with Gasteiger partial charge in [0.2, 0.25) is 5.91 Å². The Morgan fingerprint density at radius 3 is 2.68 bits per heavy atom. The molecule has 1 aliphatic rings. The first-order valence-corrected chi connectivity index (χ1v) is 13.1. The molecule has 2 heterocycles. The van der Waals surface area contributed by atoms with Crippen LogP contribution in [0.15, 0.2) is 53.6 Å². The molecule has 0 unspecified atom stereocenters. The van der Waals surface area contributed by atoms with E-state index in [1.165, 1.54) is 18.2 Å². The number of benzene rings is 2. The lowest BCUT2D eigenvalue weighted by Crippen LogP contribution is -2.36. The molecule has 2 aromatic carbocycles. The molecule has 0 atom stereocenters. The van der Waals surface area contributed by atoms with Crippen molar-refractivity contribution < 1.29 is 23.9 Å². The van der Waals surface area contributed by atoms with E-state index in [4.69, 9.17) is 16.3 Å². The first kappa shape index (κ1) is 26.5. The van der Waals surface area contributed by atoms with E-state index in [2.05, 4.69) is 9.88 Å². The Hall–Kier alpha value is -3.56. The normalized spacial score (nSPS) is 14.6. The number of hydrogen-bond donors (Lipinski definition) is 1. The number of nitrogens with one attached hydrogen (secondary N) is 1. The second-order valence-electron chi connectivity index (χ2n) is 8.39. The quantitative estimate of drug-likeness (QED) is 0.205. The highest BCUT2D eigenvalue weighted by atomic mass is 35.5. The van der Waals surface area contributed by atoms with Gasteiger partial charge >= 0.3 is 5.97 Å². The van der Waals surface area contributed by atoms with Gasteiger partial charge in [-0.1, -0.05) is 43.1 Å². The molecule has 0 bridgehead atoms. The van der Waals surface area contributed by atoms with Gasteiger partial charge in [-0.05, 0) is 55.4 Å². The summed E-state index contributed by atoms with van der Waals surface area (Å²) < 4.78 is 7.27. The fraction of sp³-hybridized carbons (Fsp3) is 0.259. The summed E-state index contributed by atoms with van der Waals surface area (Å²) >= 11 is 6.92. The van der Waals surface area contributed by atoms with Gasteiger partial charge in [-0.3, -0.25) is 19.3 Å². The summed E-state index contributed by atoms with van der Waals surface area (Å²) in [5.41, 5.74) is 2.28. The monoisotopic (exact) mass is 539 g/mol. The maximum atomic E-state index is 13.0. The van der Waals surface area contributed by atoms with E-state index >= 15 is 0 Å². The van der Waals surface area contributed by atoms with E-state index in [1.54, 1.807) is 6.08 Å². The number of hydrogen-bond acceptors (Lipinski definition) is 6.